The zero-order valence-electron chi connectivity index (χ0n) is 11.7. The van der Waals surface area contributed by atoms with Crippen LogP contribution in [0.4, 0.5) is 5.69 Å². The first-order valence-electron chi connectivity index (χ1n) is 6.71. The lowest BCUT2D eigenvalue weighted by molar-refractivity contribution is 0.0924. The molecule has 6 nitrogen and oxygen atoms in total. The van der Waals surface area contributed by atoms with Crippen LogP contribution in [0.3, 0.4) is 0 Å². The van der Waals surface area contributed by atoms with Crippen molar-refractivity contribution in [3.63, 3.8) is 0 Å². The Balaban J connectivity index is 1.53. The van der Waals surface area contributed by atoms with Gasteiger partial charge in [0.2, 0.25) is 0 Å². The third kappa shape index (κ3) is 2.72. The van der Waals surface area contributed by atoms with Gasteiger partial charge in [0.05, 0.1) is 17.7 Å². The fourth-order valence-corrected chi connectivity index (χ4v) is 2.32. The van der Waals surface area contributed by atoms with Crippen molar-refractivity contribution in [2.75, 3.05) is 18.0 Å². The van der Waals surface area contributed by atoms with Gasteiger partial charge < -0.3 is 10.2 Å². The average molecular weight is 281 g/mol. The van der Waals surface area contributed by atoms with E-state index in [1.54, 1.807) is 36.1 Å². The van der Waals surface area contributed by atoms with Crippen LogP contribution in [-0.2, 0) is 7.05 Å². The Morgan fingerprint density at radius 1 is 1.33 bits per heavy atom. The number of aromatic nitrogens is 2. The quantitative estimate of drug-likeness (QED) is 0.907. The third-order valence-electron chi connectivity index (χ3n) is 3.52. The number of hydrogen-bond acceptors (Lipinski definition) is 4. The molecule has 2 aromatic rings. The second-order valence-electron chi connectivity index (χ2n) is 5.11. The maximum atomic E-state index is 11.9. The van der Waals surface area contributed by atoms with Gasteiger partial charge in [-0.2, -0.15) is 10.4 Å². The number of carbonyl (C=O) groups is 1. The fourth-order valence-electron chi connectivity index (χ4n) is 2.32. The van der Waals surface area contributed by atoms with Gasteiger partial charge in [-0.05, 0) is 30.3 Å². The van der Waals surface area contributed by atoms with Crippen LogP contribution in [0.2, 0.25) is 0 Å². The lowest BCUT2D eigenvalue weighted by Crippen LogP contribution is -2.59. The molecule has 106 valence electrons. The van der Waals surface area contributed by atoms with E-state index >= 15 is 0 Å². The maximum absolute atomic E-state index is 11.9. The normalized spacial score (nSPS) is 14.4. The first-order valence-corrected chi connectivity index (χ1v) is 6.71. The number of nitriles is 1. The van der Waals surface area contributed by atoms with Crippen LogP contribution in [0.25, 0.3) is 0 Å². The molecule has 0 bridgehead atoms. The summed E-state index contributed by atoms with van der Waals surface area (Å²) in [6.07, 6.45) is 1.75. The molecular weight excluding hydrogens is 266 g/mol. The molecule has 0 spiro atoms. The summed E-state index contributed by atoms with van der Waals surface area (Å²) in [6.45, 7) is 1.54. The molecule has 1 saturated heterocycles. The van der Waals surface area contributed by atoms with Gasteiger partial charge in [-0.25, -0.2) is 0 Å². The predicted molar refractivity (Wildman–Crippen MR) is 77.8 cm³/mol. The van der Waals surface area contributed by atoms with Crippen molar-refractivity contribution in [2.24, 2.45) is 7.05 Å². The standard InChI is InChI=1S/C15H15N5O/c1-19-7-6-14(18-19)15(21)17-12-9-20(10-12)13-4-2-11(8-16)3-5-13/h2-7,12H,9-10H2,1H3,(H,17,21). The molecule has 1 N–H and O–H groups in total. The zero-order valence-corrected chi connectivity index (χ0v) is 11.7. The molecule has 2 heterocycles. The number of aryl methyl sites for hydroxylation is 1. The number of amides is 1. The van der Waals surface area contributed by atoms with Crippen LogP contribution in [0.5, 0.6) is 0 Å². The van der Waals surface area contributed by atoms with Crippen molar-refractivity contribution in [3.05, 3.63) is 47.8 Å². The number of anilines is 1. The monoisotopic (exact) mass is 281 g/mol. The van der Waals surface area contributed by atoms with E-state index in [4.69, 9.17) is 5.26 Å². The highest BCUT2D eigenvalue weighted by atomic mass is 16.2. The van der Waals surface area contributed by atoms with Crippen molar-refractivity contribution in [2.45, 2.75) is 6.04 Å². The molecule has 0 saturated carbocycles. The van der Waals surface area contributed by atoms with Gasteiger partial charge in [-0.15, -0.1) is 0 Å². The van der Waals surface area contributed by atoms with E-state index in [1.807, 2.05) is 12.1 Å². The maximum Gasteiger partial charge on any atom is 0.272 e. The van der Waals surface area contributed by atoms with Crippen LogP contribution in [-0.4, -0.2) is 34.8 Å². The van der Waals surface area contributed by atoms with Crippen LogP contribution in [0.15, 0.2) is 36.5 Å². The molecule has 21 heavy (non-hydrogen) atoms. The van der Waals surface area contributed by atoms with Gasteiger partial charge in [0.1, 0.15) is 5.69 Å². The summed E-state index contributed by atoms with van der Waals surface area (Å²) in [4.78, 5) is 14.1. The number of nitrogens with zero attached hydrogens (tertiary/aromatic N) is 4. The average Bonchev–Trinajstić information content (AvgIpc) is 2.89. The Bertz CT molecular complexity index is 692. The summed E-state index contributed by atoms with van der Waals surface area (Å²) in [5.74, 6) is -0.139. The minimum atomic E-state index is -0.139. The molecule has 1 aromatic heterocycles. The Hall–Kier alpha value is -2.81. The van der Waals surface area contributed by atoms with Crippen LogP contribution in [0.1, 0.15) is 16.1 Å². The summed E-state index contributed by atoms with van der Waals surface area (Å²) < 4.78 is 1.61. The summed E-state index contributed by atoms with van der Waals surface area (Å²) in [7, 11) is 1.78. The van der Waals surface area contributed by atoms with Crippen molar-refractivity contribution < 1.29 is 4.79 Å². The van der Waals surface area contributed by atoms with E-state index in [9.17, 15) is 4.79 Å². The SMILES string of the molecule is Cn1ccc(C(=O)NC2CN(c3ccc(C#N)cc3)C2)n1. The Morgan fingerprint density at radius 2 is 2.05 bits per heavy atom. The van der Waals surface area contributed by atoms with Crippen molar-refractivity contribution in [3.8, 4) is 6.07 Å². The van der Waals surface area contributed by atoms with Gasteiger partial charge in [0.15, 0.2) is 0 Å². The lowest BCUT2D eigenvalue weighted by atomic mass is 10.1. The summed E-state index contributed by atoms with van der Waals surface area (Å²) in [5, 5.41) is 15.8. The second kappa shape index (κ2) is 5.29. The van der Waals surface area contributed by atoms with Gasteiger partial charge in [-0.3, -0.25) is 9.48 Å². The van der Waals surface area contributed by atoms with Crippen LogP contribution >= 0.6 is 0 Å². The molecule has 3 rings (SSSR count). The topological polar surface area (TPSA) is 74.0 Å². The molecule has 1 aliphatic rings. The Labute approximate surface area is 122 Å². The third-order valence-corrected chi connectivity index (χ3v) is 3.52. The number of nitrogens with one attached hydrogen (secondary N) is 1. The largest absolute Gasteiger partial charge is 0.367 e. The van der Waals surface area contributed by atoms with Gasteiger partial charge in [0.25, 0.3) is 5.91 Å². The summed E-state index contributed by atoms with van der Waals surface area (Å²) in [6, 6.07) is 11.4. The molecule has 1 amide bonds. The molecule has 0 aliphatic carbocycles. The van der Waals surface area contributed by atoms with E-state index < -0.39 is 0 Å². The minimum absolute atomic E-state index is 0.134. The van der Waals surface area contributed by atoms with E-state index in [2.05, 4.69) is 21.4 Å². The predicted octanol–water partition coefficient (Wildman–Crippen LogP) is 0.910. The van der Waals surface area contributed by atoms with Crippen molar-refractivity contribution in [1.82, 2.24) is 15.1 Å². The Kier molecular flexibility index (Phi) is 3.32. The van der Waals surface area contributed by atoms with E-state index in [0.717, 1.165) is 18.8 Å². The molecule has 0 radical (unpaired) electrons. The molecule has 1 fully saturated rings. The zero-order chi connectivity index (χ0) is 14.8. The summed E-state index contributed by atoms with van der Waals surface area (Å²) in [5.41, 5.74) is 2.16. The molecule has 1 aromatic carbocycles. The highest BCUT2D eigenvalue weighted by molar-refractivity contribution is 5.92. The fraction of sp³-hybridized carbons (Fsp3) is 0.267. The highest BCUT2D eigenvalue weighted by Crippen LogP contribution is 2.21. The van der Waals surface area contributed by atoms with Gasteiger partial charge in [-0.1, -0.05) is 0 Å². The highest BCUT2D eigenvalue weighted by Gasteiger charge is 2.28. The van der Waals surface area contributed by atoms with E-state index in [1.165, 1.54) is 0 Å². The number of rotatable bonds is 3. The smallest absolute Gasteiger partial charge is 0.272 e. The lowest BCUT2D eigenvalue weighted by Gasteiger charge is -2.41. The van der Waals surface area contributed by atoms with Crippen molar-refractivity contribution in [1.29, 1.82) is 5.26 Å². The van der Waals surface area contributed by atoms with E-state index in [0.29, 0.717) is 11.3 Å². The Morgan fingerprint density at radius 3 is 2.62 bits per heavy atom. The summed E-state index contributed by atoms with van der Waals surface area (Å²) >= 11 is 0. The molecule has 1 aliphatic heterocycles. The first-order chi connectivity index (χ1) is 10.2. The van der Waals surface area contributed by atoms with Crippen molar-refractivity contribution >= 4 is 11.6 Å². The number of hydrogen-bond donors (Lipinski definition) is 1. The second-order valence-corrected chi connectivity index (χ2v) is 5.11. The molecule has 0 atom stereocenters. The van der Waals surface area contributed by atoms with E-state index in [-0.39, 0.29) is 11.9 Å². The first kappa shape index (κ1) is 13.2. The molecular formula is C15H15N5O. The number of benzene rings is 1. The molecule has 6 heteroatoms. The van der Waals surface area contributed by atoms with Crippen LogP contribution < -0.4 is 10.2 Å². The minimum Gasteiger partial charge on any atom is -0.367 e. The number of carbonyl (C=O) groups excluding carboxylic acids is 1. The van der Waals surface area contributed by atoms with Crippen LogP contribution in [0, 0.1) is 11.3 Å². The van der Waals surface area contributed by atoms with Gasteiger partial charge >= 0.3 is 0 Å². The molecule has 0 unspecified atom stereocenters. The van der Waals surface area contributed by atoms with Gasteiger partial charge in [0, 0.05) is 32.0 Å².